The summed E-state index contributed by atoms with van der Waals surface area (Å²) in [5.74, 6) is 1.78. The molecule has 4 rings (SSSR count). The second kappa shape index (κ2) is 6.20. The molecule has 0 heterocycles. The van der Waals surface area contributed by atoms with E-state index in [1.807, 2.05) is 0 Å². The summed E-state index contributed by atoms with van der Waals surface area (Å²) < 4.78 is 0. The molecule has 0 saturated heterocycles. The quantitative estimate of drug-likeness (QED) is 0.708. The van der Waals surface area contributed by atoms with Crippen LogP contribution in [0.25, 0.3) is 0 Å². The van der Waals surface area contributed by atoms with E-state index >= 15 is 0 Å². The van der Waals surface area contributed by atoms with Gasteiger partial charge in [0.25, 0.3) is 0 Å². The van der Waals surface area contributed by atoms with Crippen molar-refractivity contribution < 1.29 is 20.1 Å². The van der Waals surface area contributed by atoms with Gasteiger partial charge in [-0.3, -0.25) is 4.79 Å². The molecule has 26 heavy (non-hydrogen) atoms. The Balaban J connectivity index is 1.57. The van der Waals surface area contributed by atoms with Crippen LogP contribution in [0.2, 0.25) is 0 Å². The van der Waals surface area contributed by atoms with E-state index in [-0.39, 0.29) is 17.9 Å². The summed E-state index contributed by atoms with van der Waals surface area (Å²) in [4.78, 5) is 11.1. The van der Waals surface area contributed by atoms with Crippen molar-refractivity contribution in [3.63, 3.8) is 0 Å². The maximum absolute atomic E-state index is 11.4. The molecule has 0 spiro atoms. The highest BCUT2D eigenvalue weighted by atomic mass is 16.4. The van der Waals surface area contributed by atoms with Gasteiger partial charge in [0.2, 0.25) is 0 Å². The monoisotopic (exact) mass is 364 g/mol. The summed E-state index contributed by atoms with van der Waals surface area (Å²) in [6, 6.07) is 0. The number of hydrogen-bond donors (Lipinski definition) is 3. The third-order valence-electron chi connectivity index (χ3n) is 9.71. The lowest BCUT2D eigenvalue weighted by molar-refractivity contribution is -0.163. The topological polar surface area (TPSA) is 77.8 Å². The zero-order valence-electron chi connectivity index (χ0n) is 16.4. The zero-order chi connectivity index (χ0) is 18.7. The van der Waals surface area contributed by atoms with Crippen LogP contribution in [0.15, 0.2) is 0 Å². The van der Waals surface area contributed by atoms with Gasteiger partial charge >= 0.3 is 5.97 Å². The molecule has 4 nitrogen and oxygen atoms in total. The Labute approximate surface area is 157 Å². The van der Waals surface area contributed by atoms with Crippen LogP contribution in [0, 0.1) is 34.5 Å². The van der Waals surface area contributed by atoms with Gasteiger partial charge in [-0.05, 0) is 98.7 Å². The van der Waals surface area contributed by atoms with Crippen LogP contribution in [-0.4, -0.2) is 33.0 Å². The summed E-state index contributed by atoms with van der Waals surface area (Å²) >= 11 is 0. The van der Waals surface area contributed by atoms with Gasteiger partial charge in [0.15, 0.2) is 0 Å². The summed E-state index contributed by atoms with van der Waals surface area (Å²) in [6.45, 7) is 4.73. The van der Waals surface area contributed by atoms with Gasteiger partial charge in [-0.25, -0.2) is 0 Å². The van der Waals surface area contributed by atoms with Gasteiger partial charge < -0.3 is 15.3 Å². The molecule has 4 aliphatic carbocycles. The fourth-order valence-corrected chi connectivity index (χ4v) is 8.07. The van der Waals surface area contributed by atoms with E-state index in [1.165, 1.54) is 12.8 Å². The van der Waals surface area contributed by atoms with Crippen LogP contribution >= 0.6 is 0 Å². The largest absolute Gasteiger partial charge is 0.481 e. The number of hydrogen-bond acceptors (Lipinski definition) is 3. The van der Waals surface area contributed by atoms with Gasteiger partial charge in [0, 0.05) is 6.42 Å². The third kappa shape index (κ3) is 2.58. The van der Waals surface area contributed by atoms with E-state index in [0.29, 0.717) is 35.5 Å². The first kappa shape index (κ1) is 18.7. The Morgan fingerprint density at radius 1 is 1.00 bits per heavy atom. The molecule has 148 valence electrons. The minimum atomic E-state index is -0.804. The number of aliphatic hydroxyl groups is 2. The van der Waals surface area contributed by atoms with E-state index in [9.17, 15) is 15.0 Å². The molecule has 0 aromatic heterocycles. The van der Waals surface area contributed by atoms with E-state index in [0.717, 1.165) is 44.9 Å². The van der Waals surface area contributed by atoms with Crippen LogP contribution in [0.5, 0.6) is 0 Å². The molecule has 3 N–H and O–H groups in total. The number of fused-ring (bicyclic) bond motifs is 5. The van der Waals surface area contributed by atoms with Crippen molar-refractivity contribution in [2.75, 3.05) is 0 Å². The highest BCUT2D eigenvalue weighted by Gasteiger charge is 2.64. The Kier molecular flexibility index (Phi) is 4.47. The van der Waals surface area contributed by atoms with Crippen LogP contribution in [0.1, 0.15) is 84.5 Å². The van der Waals surface area contributed by atoms with Crippen LogP contribution in [0.3, 0.4) is 0 Å². The summed E-state index contributed by atoms with van der Waals surface area (Å²) in [7, 11) is 0. The third-order valence-corrected chi connectivity index (χ3v) is 9.71. The van der Waals surface area contributed by atoms with Crippen molar-refractivity contribution in [1.82, 2.24) is 0 Å². The van der Waals surface area contributed by atoms with Gasteiger partial charge in [-0.15, -0.1) is 0 Å². The van der Waals surface area contributed by atoms with Crippen molar-refractivity contribution >= 4 is 5.97 Å². The molecular weight excluding hydrogens is 328 g/mol. The molecular formula is C22H36O4. The number of aliphatic carboxylic acids is 1. The first-order valence-electron chi connectivity index (χ1n) is 10.8. The van der Waals surface area contributed by atoms with Crippen LogP contribution in [0.4, 0.5) is 0 Å². The summed E-state index contributed by atoms with van der Waals surface area (Å²) in [6.07, 6.45) is 9.89. The van der Waals surface area contributed by atoms with E-state index < -0.39 is 11.6 Å². The second-order valence-electron chi connectivity index (χ2n) is 10.5. The molecule has 4 saturated carbocycles. The normalized spacial score (nSPS) is 53.5. The van der Waals surface area contributed by atoms with Gasteiger partial charge in [0.1, 0.15) is 0 Å². The van der Waals surface area contributed by atoms with Crippen molar-refractivity contribution in [1.29, 1.82) is 0 Å². The average Bonchev–Trinajstić information content (AvgIpc) is 2.86. The molecule has 0 aromatic carbocycles. The van der Waals surface area contributed by atoms with Crippen molar-refractivity contribution in [2.45, 2.75) is 96.2 Å². The predicted molar refractivity (Wildman–Crippen MR) is 99.6 cm³/mol. The molecule has 4 aliphatic rings. The molecule has 4 heteroatoms. The van der Waals surface area contributed by atoms with Crippen LogP contribution < -0.4 is 0 Å². The maximum atomic E-state index is 11.4. The molecule has 0 unspecified atom stereocenters. The molecule has 0 amide bonds. The fourth-order valence-electron chi connectivity index (χ4n) is 8.07. The number of carboxylic acids is 1. The molecule has 0 aromatic rings. The lowest BCUT2D eigenvalue weighted by Crippen LogP contribution is -2.56. The number of carbonyl (C=O) groups is 1. The molecule has 0 bridgehead atoms. The Morgan fingerprint density at radius 2 is 1.73 bits per heavy atom. The second-order valence-corrected chi connectivity index (χ2v) is 10.5. The number of carboxylic acid groups (broad SMARTS) is 1. The highest BCUT2D eigenvalue weighted by molar-refractivity contribution is 5.66. The van der Waals surface area contributed by atoms with Crippen molar-refractivity contribution in [2.24, 2.45) is 34.5 Å². The van der Waals surface area contributed by atoms with E-state index in [2.05, 4.69) is 13.8 Å². The minimum Gasteiger partial charge on any atom is -0.481 e. The Hall–Kier alpha value is -0.610. The lowest BCUT2D eigenvalue weighted by atomic mass is 9.44. The van der Waals surface area contributed by atoms with Crippen molar-refractivity contribution in [3.05, 3.63) is 0 Å². The maximum Gasteiger partial charge on any atom is 0.303 e. The van der Waals surface area contributed by atoms with Gasteiger partial charge in [-0.1, -0.05) is 13.8 Å². The molecule has 0 radical (unpaired) electrons. The van der Waals surface area contributed by atoms with Crippen LogP contribution in [-0.2, 0) is 4.79 Å². The zero-order valence-corrected chi connectivity index (χ0v) is 16.4. The number of rotatable bonds is 3. The summed E-state index contributed by atoms with van der Waals surface area (Å²) in [5, 5.41) is 30.7. The molecule has 4 fully saturated rings. The highest BCUT2D eigenvalue weighted by Crippen LogP contribution is 2.68. The minimum absolute atomic E-state index is 0.0740. The molecule has 0 aliphatic heterocycles. The smallest absolute Gasteiger partial charge is 0.303 e. The van der Waals surface area contributed by atoms with Crippen molar-refractivity contribution in [3.8, 4) is 0 Å². The fraction of sp³-hybridized carbons (Fsp3) is 0.955. The standard InChI is InChI=1S/C22H36O4/c1-20-9-5-15(23)13-14(20)3-4-16-17(20)6-10-21(2)18(16)7-11-22(21,26)12-8-19(24)25/h14-18,23,26H,3-13H2,1-2H3,(H,24,25)/t14-,15-,16+,17-,18-,20-,21-,22+/m0/s1. The summed E-state index contributed by atoms with van der Waals surface area (Å²) in [5.41, 5.74) is -0.576. The average molecular weight is 365 g/mol. The Morgan fingerprint density at radius 3 is 2.46 bits per heavy atom. The van der Waals surface area contributed by atoms with E-state index in [4.69, 9.17) is 5.11 Å². The van der Waals surface area contributed by atoms with E-state index in [1.54, 1.807) is 0 Å². The van der Waals surface area contributed by atoms with Gasteiger partial charge in [-0.2, -0.15) is 0 Å². The first-order chi connectivity index (χ1) is 12.2. The predicted octanol–water partition coefficient (Wildman–Crippen LogP) is 3.99. The Bertz CT molecular complexity index is 576. The molecule has 8 atom stereocenters. The van der Waals surface area contributed by atoms with Gasteiger partial charge in [0.05, 0.1) is 11.7 Å². The lowest BCUT2D eigenvalue weighted by Gasteiger charge is -2.61. The SMILES string of the molecule is C[C@]12CC[C@H](O)C[C@@H]1CC[C@@H]1[C@@H]2CC[C@@]2(C)[C@H]1CC[C@@]2(O)CCC(=O)O. The number of aliphatic hydroxyl groups excluding tert-OH is 1. The first-order valence-corrected chi connectivity index (χ1v) is 10.8.